The second-order valence-electron chi connectivity index (χ2n) is 0.468. The van der Waals surface area contributed by atoms with E-state index in [4.69, 9.17) is 5.11 Å². The first-order valence-corrected chi connectivity index (χ1v) is 2.32. The third-order valence-electron chi connectivity index (χ3n) is 0.133. The summed E-state index contributed by atoms with van der Waals surface area (Å²) in [6.07, 6.45) is 0. The van der Waals surface area contributed by atoms with Crippen LogP contribution in [0.4, 0.5) is 0 Å². The highest BCUT2D eigenvalue weighted by Crippen LogP contribution is 1.75. The highest BCUT2D eigenvalue weighted by atomic mass is 32.2. The van der Waals surface area contributed by atoms with Gasteiger partial charge in [0.25, 0.3) is 0 Å². The number of aliphatic hydroxyl groups is 1. The van der Waals surface area contributed by atoms with Crippen molar-refractivity contribution in [3.63, 3.8) is 0 Å². The first-order valence-electron chi connectivity index (χ1n) is 1.06. The molecule has 4 heteroatoms. The second kappa shape index (κ2) is 3.18. The molecule has 0 aromatic heterocycles. The minimum Gasteiger partial charge on any atom is -0.346 e. The van der Waals surface area contributed by atoms with Crippen molar-refractivity contribution in [1.82, 2.24) is 0 Å². The molecular weight excluding hydrogens is 120 g/mol. The third-order valence-corrected chi connectivity index (χ3v) is 0.673. The van der Waals surface area contributed by atoms with Crippen LogP contribution < -0.4 is 0 Å². The molecule has 1 N–H and O–H groups in total. The zero-order valence-corrected chi connectivity index (χ0v) is 4.42. The topological polar surface area (TPSA) is 37.3 Å². The van der Waals surface area contributed by atoms with E-state index >= 15 is 0 Å². The van der Waals surface area contributed by atoms with Crippen LogP contribution in [-0.2, 0) is 4.79 Å². The highest BCUT2D eigenvalue weighted by Gasteiger charge is 1.65. The Kier molecular flexibility index (Phi) is 3.17. The van der Waals surface area contributed by atoms with Gasteiger partial charge in [0.1, 0.15) is 0 Å². The summed E-state index contributed by atoms with van der Waals surface area (Å²) in [5.41, 5.74) is 0. The Morgan fingerprint density at radius 1 is 2.00 bits per heavy atom. The quantitative estimate of drug-likeness (QED) is 0.359. The molecule has 0 amide bonds. The molecule has 0 radical (unpaired) electrons. The Morgan fingerprint density at radius 3 is 2.50 bits per heavy atom. The first kappa shape index (κ1) is 5.98. The molecule has 0 fully saturated rings. The number of thiol groups is 1. The second-order valence-corrected chi connectivity index (χ2v) is 1.95. The van der Waals surface area contributed by atoms with E-state index in [1.807, 2.05) is 0 Å². The van der Waals surface area contributed by atoms with Gasteiger partial charge < -0.3 is 5.11 Å². The molecular formula is C2H2O2S2. The predicted molar refractivity (Wildman–Crippen MR) is 29.9 cm³/mol. The SMILES string of the molecule is O=C=S=C(O)S. The van der Waals surface area contributed by atoms with Crippen molar-refractivity contribution >= 4 is 33.2 Å². The lowest BCUT2D eigenvalue weighted by Crippen LogP contribution is -1.69. The fraction of sp³-hybridized carbons (Fsp3) is 0. The lowest BCUT2D eigenvalue weighted by atomic mass is 11.7. The van der Waals surface area contributed by atoms with E-state index in [9.17, 15) is 4.79 Å². The maximum Gasteiger partial charge on any atom is 0.194 e. The van der Waals surface area contributed by atoms with Crippen molar-refractivity contribution in [3.8, 4) is 0 Å². The first-order chi connectivity index (χ1) is 2.77. The van der Waals surface area contributed by atoms with Crippen molar-refractivity contribution in [1.29, 1.82) is 0 Å². The summed E-state index contributed by atoms with van der Waals surface area (Å²) in [7, 11) is 0.517. The fourth-order valence-electron chi connectivity index (χ4n) is 0.0373. The third kappa shape index (κ3) is 3.98. The van der Waals surface area contributed by atoms with E-state index in [-0.39, 0.29) is 4.38 Å². The molecule has 0 saturated heterocycles. The van der Waals surface area contributed by atoms with Crippen LogP contribution in [0.5, 0.6) is 0 Å². The van der Waals surface area contributed by atoms with Crippen LogP contribution in [0.3, 0.4) is 0 Å². The summed E-state index contributed by atoms with van der Waals surface area (Å²) in [6, 6.07) is 0. The molecule has 0 heterocycles. The maximum absolute atomic E-state index is 9.22. The molecule has 0 aliphatic rings. The van der Waals surface area contributed by atoms with E-state index in [0.717, 1.165) is 0 Å². The van der Waals surface area contributed by atoms with Crippen molar-refractivity contribution < 1.29 is 9.90 Å². The normalized spacial score (nSPS) is 6.33. The predicted octanol–water partition coefficient (Wildman–Crippen LogP) is 0.362. The smallest absolute Gasteiger partial charge is 0.194 e. The van der Waals surface area contributed by atoms with Gasteiger partial charge in [-0.25, -0.2) is 4.79 Å². The van der Waals surface area contributed by atoms with Crippen LogP contribution in [0, 0.1) is 0 Å². The van der Waals surface area contributed by atoms with E-state index in [0.29, 0.717) is 10.9 Å². The van der Waals surface area contributed by atoms with E-state index in [2.05, 4.69) is 12.6 Å². The van der Waals surface area contributed by atoms with Crippen molar-refractivity contribution in [2.75, 3.05) is 0 Å². The van der Waals surface area contributed by atoms with Gasteiger partial charge in [0.2, 0.25) is 0 Å². The monoisotopic (exact) mass is 122 g/mol. The lowest BCUT2D eigenvalue weighted by molar-refractivity contribution is 0.572. The Morgan fingerprint density at radius 2 is 2.50 bits per heavy atom. The van der Waals surface area contributed by atoms with Crippen molar-refractivity contribution in [2.24, 2.45) is 0 Å². The Hall–Kier alpha value is -0.0200. The van der Waals surface area contributed by atoms with Crippen LogP contribution in [0.15, 0.2) is 0 Å². The van der Waals surface area contributed by atoms with Gasteiger partial charge in [0.15, 0.2) is 9.62 Å². The van der Waals surface area contributed by atoms with Gasteiger partial charge in [0, 0.05) is 0 Å². The van der Waals surface area contributed by atoms with Gasteiger partial charge in [-0.3, -0.25) is 0 Å². The van der Waals surface area contributed by atoms with Gasteiger partial charge in [-0.15, -0.1) is 12.6 Å². The van der Waals surface area contributed by atoms with E-state index in [1.165, 1.54) is 5.23 Å². The summed E-state index contributed by atoms with van der Waals surface area (Å²) in [5.74, 6) is 0. The molecule has 0 aliphatic carbocycles. The molecule has 2 nitrogen and oxygen atoms in total. The van der Waals surface area contributed by atoms with E-state index < -0.39 is 0 Å². The Bertz CT molecular complexity index is 114. The summed E-state index contributed by atoms with van der Waals surface area (Å²) >= 11 is 3.35. The summed E-state index contributed by atoms with van der Waals surface area (Å²) in [5, 5.41) is 9.40. The number of aliphatic hydroxyl groups excluding tert-OH is 1. The van der Waals surface area contributed by atoms with Gasteiger partial charge >= 0.3 is 0 Å². The van der Waals surface area contributed by atoms with Crippen molar-refractivity contribution in [3.05, 3.63) is 0 Å². The van der Waals surface area contributed by atoms with Crippen molar-refractivity contribution in [2.45, 2.75) is 0 Å². The molecule has 0 unspecified atom stereocenters. The standard InChI is InChI=1S/C2H2O2S2/c3-1-6-2(4)5/h4-5H. The number of hydrogen-bond donors (Lipinski definition) is 2. The number of carbonyl (C=O) groups excluding carboxylic acids is 1. The van der Waals surface area contributed by atoms with Crippen LogP contribution in [0.25, 0.3) is 0 Å². The summed E-state index contributed by atoms with van der Waals surface area (Å²) in [4.78, 5) is 9.22. The molecule has 0 aliphatic heterocycles. The number of rotatable bonds is 0. The molecule has 0 atom stereocenters. The molecule has 34 valence electrons. The van der Waals surface area contributed by atoms with E-state index in [1.54, 1.807) is 0 Å². The van der Waals surface area contributed by atoms with Crippen LogP contribution in [0.2, 0.25) is 0 Å². The molecule has 0 bridgehead atoms. The zero-order chi connectivity index (χ0) is 4.99. The van der Waals surface area contributed by atoms with Gasteiger partial charge in [0.05, 0.1) is 0 Å². The fourth-order valence-corrected chi connectivity index (χ4v) is 0.224. The maximum atomic E-state index is 9.22. The lowest BCUT2D eigenvalue weighted by Gasteiger charge is -1.64. The van der Waals surface area contributed by atoms with Gasteiger partial charge in [-0.2, -0.15) is 0 Å². The molecule has 0 rings (SSSR count). The van der Waals surface area contributed by atoms with Gasteiger partial charge in [-0.1, -0.05) is 0 Å². The molecule has 6 heavy (non-hydrogen) atoms. The Balaban J connectivity index is 4.13. The minimum atomic E-state index is -0.273. The molecule has 0 aromatic carbocycles. The molecule has 0 saturated carbocycles. The molecule has 0 aromatic rings. The van der Waals surface area contributed by atoms with Crippen LogP contribution in [-0.4, -0.2) is 14.7 Å². The largest absolute Gasteiger partial charge is 0.346 e. The zero-order valence-electron chi connectivity index (χ0n) is 2.71. The average molecular weight is 122 g/mol. The van der Waals surface area contributed by atoms with Gasteiger partial charge in [-0.05, 0) is 10.9 Å². The summed E-state index contributed by atoms with van der Waals surface area (Å²) < 4.78 is -0.273. The average Bonchev–Trinajstić information content (AvgIpc) is 1.35. The molecule has 0 spiro atoms. The minimum absolute atomic E-state index is 0.273. The Labute approximate surface area is 43.7 Å². The summed E-state index contributed by atoms with van der Waals surface area (Å²) in [6.45, 7) is 0. The van der Waals surface area contributed by atoms with Crippen LogP contribution in [0.1, 0.15) is 0 Å². The number of hydrogen-bond acceptors (Lipinski definition) is 1. The van der Waals surface area contributed by atoms with Crippen LogP contribution >= 0.6 is 23.6 Å². The highest BCUT2D eigenvalue weighted by molar-refractivity contribution is 8.16.